The van der Waals surface area contributed by atoms with Gasteiger partial charge in [0.25, 0.3) is 5.91 Å². The second kappa shape index (κ2) is 16.3. The summed E-state index contributed by atoms with van der Waals surface area (Å²) in [5, 5.41) is 26.9. The number of nitrogens with one attached hydrogen (secondary N) is 3. The Balaban J connectivity index is 0.00000400. The van der Waals surface area contributed by atoms with Gasteiger partial charge in [-0.3, -0.25) is 14.4 Å². The number of hydrogen-bond acceptors (Lipinski definition) is 5. The summed E-state index contributed by atoms with van der Waals surface area (Å²) in [6.45, 7) is 0.477. The first-order valence-corrected chi connectivity index (χ1v) is 12.3. The van der Waals surface area contributed by atoms with Crippen LogP contribution in [0.25, 0.3) is 0 Å². The van der Waals surface area contributed by atoms with Crippen LogP contribution >= 0.6 is 0 Å². The number of carbonyl (C=O) groups is 4. The van der Waals surface area contributed by atoms with E-state index in [4.69, 9.17) is 5.11 Å². The normalized spacial score (nSPS) is 11.8. The van der Waals surface area contributed by atoms with E-state index in [1.807, 2.05) is 36.4 Å². The van der Waals surface area contributed by atoms with Gasteiger partial charge >= 0.3 is 41.5 Å². The van der Waals surface area contributed by atoms with Crippen LogP contribution in [0.3, 0.4) is 0 Å². The van der Waals surface area contributed by atoms with Gasteiger partial charge in [0.1, 0.15) is 12.1 Å². The van der Waals surface area contributed by atoms with E-state index in [1.54, 1.807) is 48.5 Å². The number of hydrogen-bond donors (Lipinski definition) is 5. The first kappa shape index (κ1) is 31.6. The SMILES string of the molecule is O=C(O)CCCNc1ccc(C(=O)N[C@@H](Cc2ccccc2)C(=O)N[C@@H](Cc2ccccc2)C(=O)O)cc1.[H-].[Na+]. The van der Waals surface area contributed by atoms with Gasteiger partial charge in [0.2, 0.25) is 5.91 Å². The molecule has 0 saturated carbocycles. The molecule has 10 heteroatoms. The van der Waals surface area contributed by atoms with Crippen molar-refractivity contribution in [2.45, 2.75) is 37.8 Å². The van der Waals surface area contributed by atoms with Crippen molar-refractivity contribution in [3.05, 3.63) is 102 Å². The third kappa shape index (κ3) is 10.9. The summed E-state index contributed by atoms with van der Waals surface area (Å²) in [6, 6.07) is 22.6. The van der Waals surface area contributed by atoms with Crippen molar-refractivity contribution in [3.8, 4) is 0 Å². The summed E-state index contributed by atoms with van der Waals surface area (Å²) in [4.78, 5) is 48.8. The maximum absolute atomic E-state index is 13.2. The number of carbonyl (C=O) groups excluding carboxylic acids is 2. The van der Waals surface area contributed by atoms with Crippen molar-refractivity contribution >= 4 is 29.4 Å². The van der Waals surface area contributed by atoms with Crippen molar-refractivity contribution in [2.75, 3.05) is 11.9 Å². The second-order valence-electron chi connectivity index (χ2n) is 8.81. The molecule has 0 radical (unpaired) electrons. The second-order valence-corrected chi connectivity index (χ2v) is 8.81. The molecular weight excluding hydrogens is 509 g/mol. The van der Waals surface area contributed by atoms with Crippen LogP contribution in [-0.2, 0) is 27.2 Å². The van der Waals surface area contributed by atoms with Gasteiger partial charge in [-0.05, 0) is 41.8 Å². The summed E-state index contributed by atoms with van der Waals surface area (Å²) in [7, 11) is 0. The van der Waals surface area contributed by atoms with Crippen LogP contribution in [0.2, 0.25) is 0 Å². The summed E-state index contributed by atoms with van der Waals surface area (Å²) < 4.78 is 0. The number of rotatable bonds is 14. The zero-order valence-corrected chi connectivity index (χ0v) is 23.8. The average Bonchev–Trinajstić information content (AvgIpc) is 2.91. The van der Waals surface area contributed by atoms with Crippen LogP contribution < -0.4 is 45.5 Å². The molecule has 0 aliphatic heterocycles. The molecule has 5 N–H and O–H groups in total. The van der Waals surface area contributed by atoms with Crippen molar-refractivity contribution < 1.29 is 60.4 Å². The standard InChI is InChI=1S/C29H31N3O6.Na.H/c33-26(34)12-7-17-30-23-15-13-22(14-16-23)27(35)31-24(18-20-8-3-1-4-9-20)28(36)32-25(29(37)38)19-21-10-5-2-6-11-21;;/h1-6,8-11,13-16,24-25,30H,7,12,17-19H2,(H,31,35)(H,32,36)(H,33,34)(H,37,38);;/q;+1;-1/t24-,25-;;/m0../s1. The largest absolute Gasteiger partial charge is 1.00 e. The molecule has 2 atom stereocenters. The van der Waals surface area contributed by atoms with Crippen LogP contribution in [0.5, 0.6) is 0 Å². The molecule has 2 amide bonds. The molecule has 0 aromatic heterocycles. The van der Waals surface area contributed by atoms with Crippen LogP contribution in [0.15, 0.2) is 84.9 Å². The van der Waals surface area contributed by atoms with Gasteiger partial charge in [-0.2, -0.15) is 0 Å². The zero-order valence-electron chi connectivity index (χ0n) is 22.8. The van der Waals surface area contributed by atoms with E-state index in [2.05, 4.69) is 16.0 Å². The molecule has 0 saturated heterocycles. The first-order valence-electron chi connectivity index (χ1n) is 12.3. The summed E-state index contributed by atoms with van der Waals surface area (Å²) >= 11 is 0. The molecule has 39 heavy (non-hydrogen) atoms. The Bertz CT molecular complexity index is 1230. The molecule has 200 valence electrons. The number of aliphatic carboxylic acids is 2. The molecule has 0 spiro atoms. The van der Waals surface area contributed by atoms with Gasteiger partial charge in [0.15, 0.2) is 0 Å². The van der Waals surface area contributed by atoms with E-state index in [9.17, 15) is 24.3 Å². The smallest absolute Gasteiger partial charge is 1.00 e. The average molecular weight is 542 g/mol. The monoisotopic (exact) mass is 541 g/mol. The van der Waals surface area contributed by atoms with Crippen molar-refractivity contribution in [2.24, 2.45) is 0 Å². The molecular formula is C29H32N3NaO6. The number of carboxylic acids is 2. The quantitative estimate of drug-likeness (QED) is 0.145. The molecule has 3 aromatic carbocycles. The first-order chi connectivity index (χ1) is 18.3. The van der Waals surface area contributed by atoms with Crippen molar-refractivity contribution in [3.63, 3.8) is 0 Å². The summed E-state index contributed by atoms with van der Waals surface area (Å²) in [5.41, 5.74) is 2.63. The van der Waals surface area contributed by atoms with E-state index < -0.39 is 35.8 Å². The molecule has 0 unspecified atom stereocenters. The maximum atomic E-state index is 13.2. The van der Waals surface area contributed by atoms with E-state index in [0.717, 1.165) is 16.8 Å². The van der Waals surface area contributed by atoms with Gasteiger partial charge in [0.05, 0.1) is 0 Å². The zero-order chi connectivity index (χ0) is 27.3. The molecule has 9 nitrogen and oxygen atoms in total. The molecule has 0 fully saturated rings. The van der Waals surface area contributed by atoms with E-state index >= 15 is 0 Å². The minimum Gasteiger partial charge on any atom is -1.00 e. The fourth-order valence-corrected chi connectivity index (χ4v) is 3.83. The number of benzene rings is 3. The molecule has 0 aliphatic carbocycles. The molecule has 0 heterocycles. The van der Waals surface area contributed by atoms with Gasteiger partial charge < -0.3 is 27.6 Å². The Labute approximate surface area is 250 Å². The molecule has 3 rings (SSSR count). The van der Waals surface area contributed by atoms with Gasteiger partial charge in [-0.15, -0.1) is 0 Å². The molecule has 3 aromatic rings. The third-order valence-electron chi connectivity index (χ3n) is 5.85. The Morgan fingerprint density at radius 2 is 1.26 bits per heavy atom. The summed E-state index contributed by atoms with van der Waals surface area (Å²) in [6.07, 6.45) is 0.816. The molecule has 0 aliphatic rings. The number of amides is 2. The van der Waals surface area contributed by atoms with Crippen molar-refractivity contribution in [1.82, 2.24) is 10.6 Å². The number of anilines is 1. The van der Waals surface area contributed by atoms with Crippen LogP contribution in [0, 0.1) is 0 Å². The van der Waals surface area contributed by atoms with Crippen molar-refractivity contribution in [1.29, 1.82) is 0 Å². The predicted molar refractivity (Wildman–Crippen MR) is 144 cm³/mol. The minimum absolute atomic E-state index is 0. The minimum atomic E-state index is -1.17. The molecule has 0 bridgehead atoms. The number of carboxylic acid groups (broad SMARTS) is 2. The Kier molecular flexibility index (Phi) is 13.2. The fraction of sp³-hybridized carbons (Fsp3) is 0.241. The third-order valence-corrected chi connectivity index (χ3v) is 5.85. The van der Waals surface area contributed by atoms with Crippen LogP contribution in [0.4, 0.5) is 5.69 Å². The van der Waals surface area contributed by atoms with Gasteiger partial charge in [-0.25, -0.2) is 4.79 Å². The van der Waals surface area contributed by atoms with E-state index in [-0.39, 0.29) is 50.2 Å². The Morgan fingerprint density at radius 1 is 0.718 bits per heavy atom. The van der Waals surface area contributed by atoms with Crippen LogP contribution in [-0.4, -0.2) is 52.6 Å². The van der Waals surface area contributed by atoms with Crippen LogP contribution in [0.1, 0.15) is 35.8 Å². The van der Waals surface area contributed by atoms with E-state index in [0.29, 0.717) is 18.5 Å². The van der Waals surface area contributed by atoms with Gasteiger partial charge in [-0.1, -0.05) is 60.7 Å². The topological polar surface area (TPSA) is 145 Å². The predicted octanol–water partition coefficient (Wildman–Crippen LogP) is 0.233. The van der Waals surface area contributed by atoms with Gasteiger partial charge in [0, 0.05) is 37.1 Å². The summed E-state index contributed by atoms with van der Waals surface area (Å²) in [5.74, 6) is -3.10. The Hall–Kier alpha value is -3.66. The fourth-order valence-electron chi connectivity index (χ4n) is 3.83. The van der Waals surface area contributed by atoms with E-state index in [1.165, 1.54) is 0 Å². The Morgan fingerprint density at radius 3 is 1.77 bits per heavy atom. The maximum Gasteiger partial charge on any atom is 1.00 e.